The first-order valence-electron chi connectivity index (χ1n) is 8.30. The van der Waals surface area contributed by atoms with E-state index in [1.807, 2.05) is 0 Å². The molecule has 2 aliphatic heterocycles. The lowest BCUT2D eigenvalue weighted by Gasteiger charge is -2.43. The molecule has 10 heteroatoms. The fraction of sp³-hybridized carbons (Fsp3) is 1.00. The molecule has 2 aliphatic rings. The molecule has 0 aromatic heterocycles. The van der Waals surface area contributed by atoms with Crippen molar-refractivity contribution in [2.24, 2.45) is 5.92 Å². The summed E-state index contributed by atoms with van der Waals surface area (Å²) in [6, 6.07) is 0. The second-order valence-electron chi connectivity index (χ2n) is 6.89. The molecule has 0 saturated carbocycles. The zero-order chi connectivity index (χ0) is 18.9. The monoisotopic (exact) mass is 368 g/mol. The van der Waals surface area contributed by atoms with Gasteiger partial charge in [-0.1, -0.05) is 13.8 Å². The van der Waals surface area contributed by atoms with Gasteiger partial charge in [0.25, 0.3) is 0 Å². The summed E-state index contributed by atoms with van der Waals surface area (Å²) in [4.78, 5) is 0. The lowest BCUT2D eigenvalue weighted by molar-refractivity contribution is -0.315. The van der Waals surface area contributed by atoms with Crippen molar-refractivity contribution in [3.8, 4) is 0 Å². The lowest BCUT2D eigenvalue weighted by Crippen LogP contribution is -2.62. The summed E-state index contributed by atoms with van der Waals surface area (Å²) in [5, 5.41) is 68.5. The molecule has 0 radical (unpaired) electrons. The number of aliphatic hydroxyl groups excluding tert-OH is 7. The van der Waals surface area contributed by atoms with Gasteiger partial charge in [-0.25, -0.2) is 0 Å². The van der Waals surface area contributed by atoms with Crippen molar-refractivity contribution >= 4 is 0 Å². The van der Waals surface area contributed by atoms with Crippen molar-refractivity contribution in [3.05, 3.63) is 0 Å². The van der Waals surface area contributed by atoms with Gasteiger partial charge in [-0.05, 0) is 5.92 Å². The fourth-order valence-electron chi connectivity index (χ4n) is 3.06. The molecular weight excluding hydrogens is 340 g/mol. The third-order valence-electron chi connectivity index (χ3n) is 4.68. The quantitative estimate of drug-likeness (QED) is 0.256. The highest BCUT2D eigenvalue weighted by molar-refractivity contribution is 4.94. The van der Waals surface area contributed by atoms with Crippen molar-refractivity contribution in [2.75, 3.05) is 13.2 Å². The van der Waals surface area contributed by atoms with Gasteiger partial charge in [0.2, 0.25) is 0 Å². The molecule has 0 aromatic rings. The van der Waals surface area contributed by atoms with E-state index in [1.165, 1.54) is 0 Å². The maximum absolute atomic E-state index is 10.0. The molecule has 0 amide bonds. The van der Waals surface area contributed by atoms with Crippen molar-refractivity contribution in [1.29, 1.82) is 0 Å². The minimum Gasteiger partial charge on any atom is -0.394 e. The number of hydrogen-bond donors (Lipinski definition) is 7. The molecule has 0 aliphatic carbocycles. The molecule has 0 spiro atoms. The van der Waals surface area contributed by atoms with Crippen LogP contribution in [0.4, 0.5) is 0 Å². The lowest BCUT2D eigenvalue weighted by atomic mass is 9.89. The van der Waals surface area contributed by atoms with E-state index < -0.39 is 67.8 Å². The van der Waals surface area contributed by atoms with E-state index in [4.69, 9.17) is 19.3 Å². The Labute approximate surface area is 145 Å². The van der Waals surface area contributed by atoms with Crippen LogP contribution in [-0.4, -0.2) is 110 Å². The van der Waals surface area contributed by atoms with Gasteiger partial charge in [-0.15, -0.1) is 0 Å². The third kappa shape index (κ3) is 4.30. The number of rotatable bonds is 5. The Bertz CT molecular complexity index is 419. The zero-order valence-electron chi connectivity index (χ0n) is 14.1. The van der Waals surface area contributed by atoms with Crippen LogP contribution >= 0.6 is 0 Å². The highest BCUT2D eigenvalue weighted by Crippen LogP contribution is 2.27. The van der Waals surface area contributed by atoms with Crippen LogP contribution in [-0.2, 0) is 14.2 Å². The van der Waals surface area contributed by atoms with Gasteiger partial charge in [-0.2, -0.15) is 0 Å². The zero-order valence-corrected chi connectivity index (χ0v) is 14.1. The van der Waals surface area contributed by atoms with Crippen molar-refractivity contribution in [3.63, 3.8) is 0 Å². The van der Waals surface area contributed by atoms with Crippen LogP contribution in [0.2, 0.25) is 0 Å². The normalized spacial score (nSPS) is 48.7. The summed E-state index contributed by atoms with van der Waals surface area (Å²) in [7, 11) is 0. The Morgan fingerprint density at radius 1 is 0.760 bits per heavy atom. The first-order chi connectivity index (χ1) is 11.7. The van der Waals surface area contributed by atoms with Crippen molar-refractivity contribution < 1.29 is 50.0 Å². The second kappa shape index (κ2) is 8.53. The molecule has 0 aromatic carbocycles. The molecule has 0 bridgehead atoms. The van der Waals surface area contributed by atoms with E-state index in [2.05, 4.69) is 0 Å². The topological polar surface area (TPSA) is 169 Å². The number of aliphatic hydroxyl groups is 7. The summed E-state index contributed by atoms with van der Waals surface area (Å²) >= 11 is 0. The Hall–Kier alpha value is -0.400. The van der Waals surface area contributed by atoms with Gasteiger partial charge in [0.15, 0.2) is 6.29 Å². The predicted octanol–water partition coefficient (Wildman–Crippen LogP) is -3.69. The second-order valence-corrected chi connectivity index (χ2v) is 6.89. The minimum atomic E-state index is -1.58. The van der Waals surface area contributed by atoms with Crippen LogP contribution in [0.25, 0.3) is 0 Å². The van der Waals surface area contributed by atoms with Gasteiger partial charge >= 0.3 is 0 Å². The first kappa shape index (κ1) is 20.9. The van der Waals surface area contributed by atoms with Crippen molar-refractivity contribution in [1.82, 2.24) is 0 Å². The van der Waals surface area contributed by atoms with Gasteiger partial charge in [-0.3, -0.25) is 0 Å². The molecule has 2 saturated heterocycles. The molecule has 2 heterocycles. The van der Waals surface area contributed by atoms with Crippen LogP contribution in [0.15, 0.2) is 0 Å². The summed E-state index contributed by atoms with van der Waals surface area (Å²) in [6.45, 7) is 2.67. The average Bonchev–Trinajstić information content (AvgIpc) is 2.58. The molecular formula is C15H28O10. The molecule has 7 N–H and O–H groups in total. The van der Waals surface area contributed by atoms with Crippen LogP contribution in [0.3, 0.4) is 0 Å². The smallest absolute Gasteiger partial charge is 0.186 e. The standard InChI is InChI=1S/C15H28O10/c1-5(2)14-12(21)10(19)9(18)7(24-14)4-23-15-13(22)11(20)8(17)6(3-16)25-15/h5-22H,3-4H2,1-2H3/t6-,7-,8+,9+,10+,11+,12-,13-,14+,15+/m1/s1. The molecule has 25 heavy (non-hydrogen) atoms. The first-order valence-corrected chi connectivity index (χ1v) is 8.30. The minimum absolute atomic E-state index is 0.132. The molecule has 10 atom stereocenters. The summed E-state index contributed by atoms with van der Waals surface area (Å²) in [5.74, 6) is -0.132. The molecule has 2 fully saturated rings. The Kier molecular flexibility index (Phi) is 7.13. The molecule has 2 rings (SSSR count). The van der Waals surface area contributed by atoms with Crippen molar-refractivity contribution in [2.45, 2.75) is 75.1 Å². The SMILES string of the molecule is CC(C)[C@@H]1O[C@H](CO[C@H]2O[C@H](CO)[C@H](O)[C@H](O)[C@H]2O)[C@H](O)[C@H](O)[C@H]1O. The van der Waals surface area contributed by atoms with Gasteiger partial charge in [0.05, 0.1) is 19.3 Å². The third-order valence-corrected chi connectivity index (χ3v) is 4.68. The highest BCUT2D eigenvalue weighted by Gasteiger charge is 2.47. The highest BCUT2D eigenvalue weighted by atomic mass is 16.7. The molecule has 148 valence electrons. The summed E-state index contributed by atoms with van der Waals surface area (Å²) in [5.41, 5.74) is 0. The maximum Gasteiger partial charge on any atom is 0.186 e. The van der Waals surface area contributed by atoms with E-state index in [-0.39, 0.29) is 12.5 Å². The number of ether oxygens (including phenoxy) is 3. The molecule has 10 nitrogen and oxygen atoms in total. The molecule has 0 unspecified atom stereocenters. The summed E-state index contributed by atoms with van der Waals surface area (Å²) in [6.07, 6.45) is -13.0. The number of hydrogen-bond acceptors (Lipinski definition) is 10. The van der Waals surface area contributed by atoms with Gasteiger partial charge in [0.1, 0.15) is 48.8 Å². The van der Waals surface area contributed by atoms with E-state index >= 15 is 0 Å². The average molecular weight is 368 g/mol. The van der Waals surface area contributed by atoms with Crippen LogP contribution in [0.5, 0.6) is 0 Å². The Morgan fingerprint density at radius 2 is 1.32 bits per heavy atom. The summed E-state index contributed by atoms with van der Waals surface area (Å²) < 4.78 is 16.1. The predicted molar refractivity (Wildman–Crippen MR) is 81.2 cm³/mol. The van der Waals surface area contributed by atoms with E-state index in [9.17, 15) is 30.6 Å². The largest absolute Gasteiger partial charge is 0.394 e. The van der Waals surface area contributed by atoms with Crippen LogP contribution in [0.1, 0.15) is 13.8 Å². The van der Waals surface area contributed by atoms with Crippen LogP contribution < -0.4 is 0 Å². The van der Waals surface area contributed by atoms with Gasteiger partial charge < -0.3 is 50.0 Å². The Balaban J connectivity index is 1.99. The van der Waals surface area contributed by atoms with Gasteiger partial charge in [0, 0.05) is 0 Å². The fourth-order valence-corrected chi connectivity index (χ4v) is 3.06. The van der Waals surface area contributed by atoms with E-state index in [1.54, 1.807) is 13.8 Å². The van der Waals surface area contributed by atoms with Crippen LogP contribution in [0, 0.1) is 5.92 Å². The maximum atomic E-state index is 10.0. The Morgan fingerprint density at radius 3 is 1.88 bits per heavy atom. The van der Waals surface area contributed by atoms with E-state index in [0.29, 0.717) is 0 Å². The van der Waals surface area contributed by atoms with E-state index in [0.717, 1.165) is 0 Å².